The first-order valence-electron chi connectivity index (χ1n) is 17.5. The molecule has 2 unspecified atom stereocenters. The van der Waals surface area contributed by atoms with Crippen molar-refractivity contribution in [2.24, 2.45) is 17.8 Å². The third kappa shape index (κ3) is 7.75. The van der Waals surface area contributed by atoms with Crippen LogP contribution in [0.2, 0.25) is 0 Å². The highest BCUT2D eigenvalue weighted by atomic mass is 19.1. The quantitative estimate of drug-likeness (QED) is 0.119. The fourth-order valence-electron chi connectivity index (χ4n) is 7.03. The van der Waals surface area contributed by atoms with Gasteiger partial charge in [0.05, 0.1) is 16.8 Å². The third-order valence-corrected chi connectivity index (χ3v) is 10.5. The zero-order valence-corrected chi connectivity index (χ0v) is 29.6. The molecular formula is C41H43FN4O5. The summed E-state index contributed by atoms with van der Waals surface area (Å²) in [6, 6.07) is 14.2. The minimum absolute atomic E-state index is 0.0399. The van der Waals surface area contributed by atoms with E-state index in [1.807, 2.05) is 45.0 Å². The standard InChI is InChI=1S/C41H43FN4O5/c1-24-14-33(22-44-21-24)41(50)51-35-17-28(18-35)7-6-25(2)26(3)38(47)32-15-29(16-34(42)19-32)23-46-27(4)39(48)45(5)37-20-31(8-9-36(37)40(46)49)30-10-12-43-13-11-30/h8-16,19-22,25-28,35H,6-7,17-18,23H2,1-5H3/t25?,26?,27-,28?,35?/m1/s1. The van der Waals surface area contributed by atoms with Crippen LogP contribution in [0.15, 0.2) is 79.4 Å². The molecule has 1 saturated carbocycles. The number of esters is 1. The van der Waals surface area contributed by atoms with Crippen LogP contribution in [0.1, 0.15) is 88.7 Å². The smallest absolute Gasteiger partial charge is 0.339 e. The molecule has 0 radical (unpaired) electrons. The van der Waals surface area contributed by atoms with Gasteiger partial charge in [0, 0.05) is 49.9 Å². The van der Waals surface area contributed by atoms with Gasteiger partial charge in [0.15, 0.2) is 5.78 Å². The lowest BCUT2D eigenvalue weighted by atomic mass is 9.76. The Hall–Kier alpha value is -5.25. The molecule has 264 valence electrons. The van der Waals surface area contributed by atoms with E-state index in [9.17, 15) is 19.2 Å². The molecular weight excluding hydrogens is 647 g/mol. The van der Waals surface area contributed by atoms with E-state index < -0.39 is 11.9 Å². The molecule has 2 aromatic heterocycles. The van der Waals surface area contributed by atoms with Crippen molar-refractivity contribution in [3.05, 3.63) is 113 Å². The molecule has 1 fully saturated rings. The minimum Gasteiger partial charge on any atom is -0.459 e. The highest BCUT2D eigenvalue weighted by Gasteiger charge is 2.37. The third-order valence-electron chi connectivity index (χ3n) is 10.5. The lowest BCUT2D eigenvalue weighted by molar-refractivity contribution is -0.122. The first-order chi connectivity index (χ1) is 24.4. The Bertz CT molecular complexity index is 1960. The molecule has 2 aromatic carbocycles. The van der Waals surface area contributed by atoms with Crippen molar-refractivity contribution in [2.45, 2.75) is 72.1 Å². The summed E-state index contributed by atoms with van der Waals surface area (Å²) in [7, 11) is 1.65. The number of amides is 2. The Morgan fingerprint density at radius 1 is 0.941 bits per heavy atom. The zero-order valence-electron chi connectivity index (χ0n) is 29.6. The van der Waals surface area contributed by atoms with E-state index >= 15 is 4.39 Å². The number of nitrogens with zero attached hydrogens (tertiary/aromatic N) is 4. The summed E-state index contributed by atoms with van der Waals surface area (Å²) in [6.45, 7) is 7.40. The number of ether oxygens (including phenoxy) is 1. The first kappa shape index (κ1) is 35.6. The normalized spacial score (nSPS) is 19.8. The van der Waals surface area contributed by atoms with Crippen molar-refractivity contribution in [2.75, 3.05) is 11.9 Å². The molecule has 0 bridgehead atoms. The van der Waals surface area contributed by atoms with E-state index in [-0.39, 0.29) is 53.6 Å². The molecule has 51 heavy (non-hydrogen) atoms. The summed E-state index contributed by atoms with van der Waals surface area (Å²) in [6.07, 6.45) is 9.74. The summed E-state index contributed by atoms with van der Waals surface area (Å²) in [5.41, 5.74) is 4.63. The number of Topliss-reactive ketones (excluding diaryl/α,β-unsaturated/α-hetero) is 1. The minimum atomic E-state index is -0.824. The van der Waals surface area contributed by atoms with Crippen molar-refractivity contribution in [3.63, 3.8) is 0 Å². The number of anilines is 1. The van der Waals surface area contributed by atoms with Crippen molar-refractivity contribution >= 4 is 29.3 Å². The van der Waals surface area contributed by atoms with E-state index in [2.05, 4.69) is 9.97 Å². The maximum Gasteiger partial charge on any atom is 0.339 e. The monoisotopic (exact) mass is 690 g/mol. The molecule has 1 aliphatic carbocycles. The lowest BCUT2D eigenvalue weighted by Gasteiger charge is -2.35. The second kappa shape index (κ2) is 14.9. The predicted octanol–water partition coefficient (Wildman–Crippen LogP) is 7.47. The second-order valence-electron chi connectivity index (χ2n) is 14.1. The van der Waals surface area contributed by atoms with Crippen LogP contribution in [0.3, 0.4) is 0 Å². The van der Waals surface area contributed by atoms with Crippen LogP contribution < -0.4 is 4.90 Å². The van der Waals surface area contributed by atoms with Gasteiger partial charge in [-0.15, -0.1) is 0 Å². The number of benzene rings is 2. The maximum absolute atomic E-state index is 15.1. The Balaban J connectivity index is 1.08. The summed E-state index contributed by atoms with van der Waals surface area (Å²) in [5, 5.41) is 0. The van der Waals surface area contributed by atoms with Gasteiger partial charge in [-0.1, -0.05) is 19.9 Å². The summed E-state index contributed by atoms with van der Waals surface area (Å²) in [5.74, 6) is -1.64. The van der Waals surface area contributed by atoms with Gasteiger partial charge in [-0.05, 0) is 122 Å². The predicted molar refractivity (Wildman–Crippen MR) is 192 cm³/mol. The van der Waals surface area contributed by atoms with Crippen molar-refractivity contribution in [1.29, 1.82) is 0 Å². The number of pyridine rings is 2. The molecule has 3 heterocycles. The molecule has 10 heteroatoms. The number of carbonyl (C=O) groups excluding carboxylic acids is 4. The average molecular weight is 691 g/mol. The molecule has 0 N–H and O–H groups in total. The number of rotatable bonds is 11. The molecule has 2 amide bonds. The van der Waals surface area contributed by atoms with E-state index in [0.717, 1.165) is 42.4 Å². The highest BCUT2D eigenvalue weighted by Crippen LogP contribution is 2.37. The van der Waals surface area contributed by atoms with Crippen LogP contribution in [0.4, 0.5) is 10.1 Å². The van der Waals surface area contributed by atoms with Gasteiger partial charge >= 0.3 is 5.97 Å². The number of carbonyl (C=O) groups is 4. The van der Waals surface area contributed by atoms with Crippen LogP contribution in [0, 0.1) is 30.5 Å². The summed E-state index contributed by atoms with van der Waals surface area (Å²) in [4.78, 5) is 64.7. The molecule has 9 nitrogen and oxygen atoms in total. The van der Waals surface area contributed by atoms with E-state index in [4.69, 9.17) is 4.74 Å². The molecule has 0 saturated heterocycles. The first-order valence-corrected chi connectivity index (χ1v) is 17.5. The molecule has 3 atom stereocenters. The number of ketones is 1. The highest BCUT2D eigenvalue weighted by molar-refractivity contribution is 6.11. The average Bonchev–Trinajstić information content (AvgIpc) is 3.17. The van der Waals surface area contributed by atoms with Crippen LogP contribution in [-0.4, -0.2) is 57.6 Å². The summed E-state index contributed by atoms with van der Waals surface area (Å²) >= 11 is 0. The number of aryl methyl sites for hydroxylation is 1. The van der Waals surface area contributed by atoms with Gasteiger partial charge in [0.1, 0.15) is 18.0 Å². The Morgan fingerprint density at radius 3 is 2.41 bits per heavy atom. The number of hydrogen-bond donors (Lipinski definition) is 0. The topological polar surface area (TPSA) is 110 Å². The molecule has 0 spiro atoms. The van der Waals surface area contributed by atoms with E-state index in [0.29, 0.717) is 28.3 Å². The van der Waals surface area contributed by atoms with Gasteiger partial charge in [-0.3, -0.25) is 24.4 Å². The van der Waals surface area contributed by atoms with Crippen LogP contribution in [0.5, 0.6) is 0 Å². The van der Waals surface area contributed by atoms with Gasteiger partial charge in [0.25, 0.3) is 5.91 Å². The van der Waals surface area contributed by atoms with E-state index in [1.165, 1.54) is 28.1 Å². The molecule has 1 aliphatic heterocycles. The summed E-state index contributed by atoms with van der Waals surface area (Å²) < 4.78 is 20.7. The van der Waals surface area contributed by atoms with Crippen molar-refractivity contribution in [1.82, 2.24) is 14.9 Å². The molecule has 2 aliphatic rings. The Kier molecular flexibility index (Phi) is 10.4. The zero-order chi connectivity index (χ0) is 36.4. The number of aromatic nitrogens is 2. The number of halogens is 1. The van der Waals surface area contributed by atoms with Crippen LogP contribution in [-0.2, 0) is 16.1 Å². The maximum atomic E-state index is 15.1. The fourth-order valence-corrected chi connectivity index (χ4v) is 7.03. The number of hydrogen-bond acceptors (Lipinski definition) is 7. The SMILES string of the molecule is Cc1cncc(C(=O)OC2CC(CCC(C)C(C)C(=O)c3cc(F)cc(CN4C(=O)c5ccc(-c6ccncc6)cc5N(C)C(=O)[C@H]4C)c3)C2)c1. The molecule has 4 aromatic rings. The Morgan fingerprint density at radius 2 is 1.69 bits per heavy atom. The molecule has 6 rings (SSSR count). The van der Waals surface area contributed by atoms with Crippen LogP contribution >= 0.6 is 0 Å². The number of fused-ring (bicyclic) bond motifs is 1. The van der Waals surface area contributed by atoms with Gasteiger partial charge in [0.2, 0.25) is 5.91 Å². The van der Waals surface area contributed by atoms with Gasteiger partial charge in [-0.2, -0.15) is 0 Å². The van der Waals surface area contributed by atoms with E-state index in [1.54, 1.807) is 50.8 Å². The van der Waals surface area contributed by atoms with Gasteiger partial charge in [-0.25, -0.2) is 9.18 Å². The van der Waals surface area contributed by atoms with Crippen molar-refractivity contribution < 1.29 is 28.3 Å². The van der Waals surface area contributed by atoms with Crippen LogP contribution in [0.25, 0.3) is 11.1 Å². The second-order valence-corrected chi connectivity index (χ2v) is 14.1. The fraction of sp³-hybridized carbons (Fsp3) is 0.366. The van der Waals surface area contributed by atoms with Crippen molar-refractivity contribution in [3.8, 4) is 11.1 Å². The Labute approximate surface area is 297 Å². The lowest BCUT2D eigenvalue weighted by Crippen LogP contribution is -2.45. The van der Waals surface area contributed by atoms with Gasteiger partial charge < -0.3 is 14.5 Å². The largest absolute Gasteiger partial charge is 0.459 e. The number of likely N-dealkylation sites (N-methyl/N-ethyl adjacent to an activating group) is 1.